The van der Waals surface area contributed by atoms with E-state index in [0.717, 1.165) is 5.56 Å². The highest BCUT2D eigenvalue weighted by Gasteiger charge is 2.38. The molecular formula is C24H36N4O7. The third-order valence-electron chi connectivity index (χ3n) is 4.76. The molecule has 0 heterocycles. The van der Waals surface area contributed by atoms with Crippen LogP contribution < -0.4 is 16.4 Å². The summed E-state index contributed by atoms with van der Waals surface area (Å²) in [6.07, 6.45) is -1.42. The first-order chi connectivity index (χ1) is 16.2. The zero-order chi connectivity index (χ0) is 26.9. The lowest BCUT2D eigenvalue weighted by Crippen LogP contribution is -2.56. The Hall–Kier alpha value is -3.63. The van der Waals surface area contributed by atoms with E-state index in [4.69, 9.17) is 10.5 Å². The lowest BCUT2D eigenvalue weighted by molar-refractivity contribution is -0.146. The van der Waals surface area contributed by atoms with Crippen molar-refractivity contribution in [3.05, 3.63) is 35.4 Å². The number of alkyl carbamates (subject to hydrolysis) is 1. The molecule has 0 aliphatic rings. The Kier molecular flexibility index (Phi) is 10.7. The lowest BCUT2D eigenvalue weighted by Gasteiger charge is -2.37. The third-order valence-corrected chi connectivity index (χ3v) is 4.76. The van der Waals surface area contributed by atoms with Gasteiger partial charge >= 0.3 is 12.1 Å². The third kappa shape index (κ3) is 9.63. The standard InChI is InChI=1S/C24H36N4O7/c1-14(2)28(22(32)17(12-18(25)29)27-23(33)35-24(4,5)6)20(16-10-8-15(3)9-11-16)21(31)26-13-19(30)34-7/h8-11,14,17,20H,12-13H2,1-7H3,(H2,25,29)(H,26,31)(H,27,33). The number of hydrogen-bond donors (Lipinski definition) is 3. The summed E-state index contributed by atoms with van der Waals surface area (Å²) in [7, 11) is 1.19. The first kappa shape index (κ1) is 29.4. The summed E-state index contributed by atoms with van der Waals surface area (Å²) in [5.74, 6) is -2.85. The maximum absolute atomic E-state index is 13.7. The summed E-state index contributed by atoms with van der Waals surface area (Å²) in [5.41, 5.74) is 5.89. The van der Waals surface area contributed by atoms with Crippen LogP contribution in [-0.2, 0) is 28.7 Å². The minimum absolute atomic E-state index is 0.404. The van der Waals surface area contributed by atoms with Crippen molar-refractivity contribution in [1.82, 2.24) is 15.5 Å². The number of primary amides is 1. The van der Waals surface area contributed by atoms with Gasteiger partial charge in [0.15, 0.2) is 0 Å². The SMILES string of the molecule is COC(=O)CNC(=O)C(c1ccc(C)cc1)N(C(=O)C(CC(N)=O)NC(=O)OC(C)(C)C)C(C)C. The van der Waals surface area contributed by atoms with Gasteiger partial charge in [0.25, 0.3) is 0 Å². The van der Waals surface area contributed by atoms with Crippen LogP contribution in [0.2, 0.25) is 0 Å². The van der Waals surface area contributed by atoms with E-state index in [1.165, 1.54) is 12.0 Å². The Labute approximate surface area is 205 Å². The summed E-state index contributed by atoms with van der Waals surface area (Å²) < 4.78 is 9.80. The predicted molar refractivity (Wildman–Crippen MR) is 128 cm³/mol. The van der Waals surface area contributed by atoms with E-state index in [2.05, 4.69) is 15.4 Å². The van der Waals surface area contributed by atoms with E-state index in [-0.39, 0.29) is 0 Å². The number of aryl methyl sites for hydroxylation is 1. The van der Waals surface area contributed by atoms with Gasteiger partial charge in [-0.3, -0.25) is 19.2 Å². The molecule has 194 valence electrons. The minimum Gasteiger partial charge on any atom is -0.468 e. The summed E-state index contributed by atoms with van der Waals surface area (Å²) in [6.45, 7) is 9.78. The number of carbonyl (C=O) groups is 5. The maximum Gasteiger partial charge on any atom is 0.408 e. The Morgan fingerprint density at radius 3 is 2.09 bits per heavy atom. The lowest BCUT2D eigenvalue weighted by atomic mass is 9.99. The number of amides is 4. The van der Waals surface area contributed by atoms with Gasteiger partial charge in [-0.2, -0.15) is 0 Å². The van der Waals surface area contributed by atoms with Crippen LogP contribution in [0.15, 0.2) is 24.3 Å². The van der Waals surface area contributed by atoms with Gasteiger partial charge in [0, 0.05) is 6.04 Å². The van der Waals surface area contributed by atoms with E-state index in [0.29, 0.717) is 5.56 Å². The molecule has 11 nitrogen and oxygen atoms in total. The molecule has 0 spiro atoms. The van der Waals surface area contributed by atoms with Crippen LogP contribution in [0.5, 0.6) is 0 Å². The fraction of sp³-hybridized carbons (Fsp3) is 0.542. The number of carbonyl (C=O) groups excluding carboxylic acids is 5. The average Bonchev–Trinajstić information content (AvgIpc) is 2.73. The Morgan fingerprint density at radius 2 is 1.63 bits per heavy atom. The van der Waals surface area contributed by atoms with Crippen LogP contribution in [0.3, 0.4) is 0 Å². The van der Waals surface area contributed by atoms with Crippen molar-refractivity contribution in [3.8, 4) is 0 Å². The second-order valence-electron chi connectivity index (χ2n) is 9.32. The number of rotatable bonds is 10. The summed E-state index contributed by atoms with van der Waals surface area (Å²) in [5, 5.41) is 4.87. The molecule has 0 aromatic heterocycles. The molecule has 0 aliphatic heterocycles. The van der Waals surface area contributed by atoms with Crippen LogP contribution in [0.1, 0.15) is 58.2 Å². The number of nitrogens with one attached hydrogen (secondary N) is 2. The zero-order valence-electron chi connectivity index (χ0n) is 21.3. The second-order valence-corrected chi connectivity index (χ2v) is 9.32. The van der Waals surface area contributed by atoms with E-state index in [9.17, 15) is 24.0 Å². The monoisotopic (exact) mass is 492 g/mol. The number of methoxy groups -OCH3 is 1. The number of nitrogens with two attached hydrogens (primary N) is 1. The molecule has 0 aliphatic carbocycles. The number of nitrogens with zero attached hydrogens (tertiary/aromatic N) is 1. The molecule has 1 rings (SSSR count). The molecule has 1 aromatic carbocycles. The molecule has 11 heteroatoms. The number of ether oxygens (including phenoxy) is 2. The molecule has 0 bridgehead atoms. The molecule has 1 aromatic rings. The van der Waals surface area contributed by atoms with E-state index < -0.39 is 66.5 Å². The second kappa shape index (κ2) is 12.7. The zero-order valence-corrected chi connectivity index (χ0v) is 21.3. The highest BCUT2D eigenvalue weighted by molar-refractivity contribution is 5.95. The predicted octanol–water partition coefficient (Wildman–Crippen LogP) is 1.33. The summed E-state index contributed by atoms with van der Waals surface area (Å²) in [6, 6.07) is 3.82. The van der Waals surface area contributed by atoms with Crippen LogP contribution in [-0.4, -0.2) is 66.0 Å². The highest BCUT2D eigenvalue weighted by atomic mass is 16.6. The Bertz CT molecular complexity index is 923. The van der Waals surface area contributed by atoms with Crippen molar-refractivity contribution < 1.29 is 33.4 Å². The fourth-order valence-corrected chi connectivity index (χ4v) is 3.23. The van der Waals surface area contributed by atoms with Crippen molar-refractivity contribution in [2.75, 3.05) is 13.7 Å². The van der Waals surface area contributed by atoms with E-state index in [1.54, 1.807) is 58.9 Å². The number of benzene rings is 1. The minimum atomic E-state index is -1.38. The van der Waals surface area contributed by atoms with Crippen molar-refractivity contribution in [3.63, 3.8) is 0 Å². The van der Waals surface area contributed by atoms with Crippen LogP contribution >= 0.6 is 0 Å². The smallest absolute Gasteiger partial charge is 0.408 e. The fourth-order valence-electron chi connectivity index (χ4n) is 3.23. The molecule has 0 radical (unpaired) electrons. The average molecular weight is 493 g/mol. The Morgan fingerprint density at radius 1 is 1.06 bits per heavy atom. The molecule has 4 N–H and O–H groups in total. The van der Waals surface area contributed by atoms with Crippen LogP contribution in [0.25, 0.3) is 0 Å². The van der Waals surface area contributed by atoms with Gasteiger partial charge in [-0.15, -0.1) is 0 Å². The highest BCUT2D eigenvalue weighted by Crippen LogP contribution is 2.26. The van der Waals surface area contributed by atoms with Gasteiger partial charge in [0.1, 0.15) is 24.2 Å². The molecule has 0 saturated carbocycles. The van der Waals surface area contributed by atoms with Crippen LogP contribution in [0.4, 0.5) is 4.79 Å². The molecule has 0 saturated heterocycles. The molecule has 35 heavy (non-hydrogen) atoms. The van der Waals surface area contributed by atoms with Gasteiger partial charge in [0.2, 0.25) is 17.7 Å². The van der Waals surface area contributed by atoms with E-state index >= 15 is 0 Å². The molecule has 2 atom stereocenters. The first-order valence-corrected chi connectivity index (χ1v) is 11.2. The van der Waals surface area contributed by atoms with Crippen molar-refractivity contribution in [2.24, 2.45) is 5.73 Å². The van der Waals surface area contributed by atoms with Crippen molar-refractivity contribution in [2.45, 2.75) is 71.7 Å². The summed E-state index contributed by atoms with van der Waals surface area (Å²) >= 11 is 0. The van der Waals surface area contributed by atoms with Gasteiger partial charge in [-0.1, -0.05) is 29.8 Å². The molecule has 2 unspecified atom stereocenters. The van der Waals surface area contributed by atoms with Crippen molar-refractivity contribution >= 4 is 29.8 Å². The topological polar surface area (TPSA) is 157 Å². The Balaban J connectivity index is 3.43. The quantitative estimate of drug-likeness (QED) is 0.416. The normalized spacial score (nSPS) is 12.8. The number of esters is 1. The van der Waals surface area contributed by atoms with Gasteiger partial charge in [0.05, 0.1) is 13.5 Å². The molecule has 0 fully saturated rings. The van der Waals surface area contributed by atoms with Crippen molar-refractivity contribution in [1.29, 1.82) is 0 Å². The van der Waals surface area contributed by atoms with Gasteiger partial charge < -0.3 is 30.7 Å². The van der Waals surface area contributed by atoms with E-state index in [1.807, 2.05) is 6.92 Å². The molecular weight excluding hydrogens is 456 g/mol. The van der Waals surface area contributed by atoms with Gasteiger partial charge in [-0.05, 0) is 47.1 Å². The number of hydrogen-bond acceptors (Lipinski definition) is 7. The first-order valence-electron chi connectivity index (χ1n) is 11.2. The summed E-state index contributed by atoms with van der Waals surface area (Å²) in [4.78, 5) is 63.9. The molecule has 4 amide bonds. The largest absolute Gasteiger partial charge is 0.468 e. The van der Waals surface area contributed by atoms with Crippen LogP contribution in [0, 0.1) is 6.92 Å². The maximum atomic E-state index is 13.7. The van der Waals surface area contributed by atoms with Gasteiger partial charge in [-0.25, -0.2) is 4.79 Å².